The average Bonchev–Trinajstić information content (AvgIpc) is 2.73. The van der Waals surface area contributed by atoms with E-state index in [9.17, 15) is 9.59 Å². The smallest absolute Gasteiger partial charge is 0.254 e. The van der Waals surface area contributed by atoms with Crippen LogP contribution < -0.4 is 15.4 Å². The summed E-state index contributed by atoms with van der Waals surface area (Å²) >= 11 is 0. The third-order valence-electron chi connectivity index (χ3n) is 5.88. The van der Waals surface area contributed by atoms with Crippen molar-refractivity contribution in [3.63, 3.8) is 0 Å². The minimum atomic E-state index is -0.384. The van der Waals surface area contributed by atoms with E-state index in [0.717, 1.165) is 40.9 Å². The molecule has 2 aromatic carbocycles. The molecule has 1 amide bonds. The maximum atomic E-state index is 13.5. The van der Waals surface area contributed by atoms with Gasteiger partial charge in [0, 0.05) is 34.9 Å². The molecule has 0 saturated carbocycles. The van der Waals surface area contributed by atoms with E-state index < -0.39 is 0 Å². The molecule has 0 spiro atoms. The van der Waals surface area contributed by atoms with Crippen LogP contribution in [0.2, 0.25) is 0 Å². The molecule has 1 aliphatic carbocycles. The van der Waals surface area contributed by atoms with E-state index in [4.69, 9.17) is 4.74 Å². The molecule has 0 aromatic heterocycles. The molecule has 0 saturated heterocycles. The lowest BCUT2D eigenvalue weighted by Gasteiger charge is -2.35. The molecular weight excluding hydrogens is 376 g/mol. The van der Waals surface area contributed by atoms with Crippen LogP contribution in [0.4, 0.5) is 5.69 Å². The van der Waals surface area contributed by atoms with Crippen LogP contribution in [-0.4, -0.2) is 18.8 Å². The van der Waals surface area contributed by atoms with Crippen molar-refractivity contribution in [1.82, 2.24) is 5.32 Å². The Morgan fingerprint density at radius 3 is 2.57 bits per heavy atom. The number of hydrogen-bond acceptors (Lipinski definition) is 4. The first-order valence-electron chi connectivity index (χ1n) is 10.2. The van der Waals surface area contributed by atoms with Crippen molar-refractivity contribution >= 4 is 17.4 Å². The second-order valence-corrected chi connectivity index (χ2v) is 7.78. The average molecular weight is 402 g/mol. The lowest BCUT2D eigenvalue weighted by molar-refractivity contribution is -0.116. The molecule has 0 unspecified atom stereocenters. The molecule has 5 heteroatoms. The van der Waals surface area contributed by atoms with E-state index in [-0.39, 0.29) is 17.6 Å². The van der Waals surface area contributed by atoms with Crippen LogP contribution >= 0.6 is 0 Å². The van der Waals surface area contributed by atoms with Gasteiger partial charge in [0.25, 0.3) is 5.91 Å². The summed E-state index contributed by atoms with van der Waals surface area (Å²) < 4.78 is 5.38. The monoisotopic (exact) mass is 402 g/mol. The first-order chi connectivity index (χ1) is 14.5. The number of benzene rings is 2. The summed E-state index contributed by atoms with van der Waals surface area (Å²) in [6.45, 7) is 3.93. The highest BCUT2D eigenvalue weighted by Crippen LogP contribution is 2.43. The topological polar surface area (TPSA) is 67.4 Å². The van der Waals surface area contributed by atoms with Crippen molar-refractivity contribution in [3.8, 4) is 5.75 Å². The van der Waals surface area contributed by atoms with Crippen molar-refractivity contribution in [2.24, 2.45) is 0 Å². The Morgan fingerprint density at radius 2 is 1.80 bits per heavy atom. The van der Waals surface area contributed by atoms with Crippen LogP contribution in [0.3, 0.4) is 0 Å². The van der Waals surface area contributed by atoms with E-state index in [2.05, 4.69) is 10.6 Å². The number of hydrogen-bond donors (Lipinski definition) is 2. The zero-order valence-electron chi connectivity index (χ0n) is 17.5. The fourth-order valence-corrected chi connectivity index (χ4v) is 4.44. The van der Waals surface area contributed by atoms with Crippen LogP contribution in [0.5, 0.6) is 5.75 Å². The molecule has 1 heterocycles. The van der Waals surface area contributed by atoms with E-state index in [1.165, 1.54) is 0 Å². The van der Waals surface area contributed by atoms with Crippen molar-refractivity contribution in [1.29, 1.82) is 0 Å². The second-order valence-electron chi connectivity index (χ2n) is 7.78. The van der Waals surface area contributed by atoms with Gasteiger partial charge in [-0.2, -0.15) is 0 Å². The van der Waals surface area contributed by atoms with Crippen molar-refractivity contribution < 1.29 is 14.3 Å². The highest BCUT2D eigenvalue weighted by molar-refractivity contribution is 6.10. The summed E-state index contributed by atoms with van der Waals surface area (Å²) in [4.78, 5) is 26.5. The molecule has 30 heavy (non-hydrogen) atoms. The third-order valence-corrected chi connectivity index (χ3v) is 5.88. The van der Waals surface area contributed by atoms with Crippen LogP contribution in [0.15, 0.2) is 71.1 Å². The molecule has 0 radical (unpaired) electrons. The number of carbonyl (C=O) groups excluding carboxylic acids is 2. The van der Waals surface area contributed by atoms with Gasteiger partial charge in [-0.1, -0.05) is 36.4 Å². The predicted molar refractivity (Wildman–Crippen MR) is 117 cm³/mol. The number of ether oxygens (including phenoxy) is 1. The molecule has 1 atom stereocenters. The summed E-state index contributed by atoms with van der Waals surface area (Å²) in [7, 11) is 1.57. The van der Waals surface area contributed by atoms with Gasteiger partial charge in [0.05, 0.1) is 12.8 Å². The number of amides is 1. The van der Waals surface area contributed by atoms with Crippen LogP contribution in [0.25, 0.3) is 0 Å². The fourth-order valence-electron chi connectivity index (χ4n) is 4.44. The van der Waals surface area contributed by atoms with Crippen molar-refractivity contribution in [2.75, 3.05) is 12.4 Å². The Kier molecular flexibility index (Phi) is 5.44. The molecule has 4 rings (SSSR count). The Hall–Kier alpha value is -3.34. The summed E-state index contributed by atoms with van der Waals surface area (Å²) in [6, 6.07) is 15.3. The van der Waals surface area contributed by atoms with Crippen molar-refractivity contribution in [2.45, 2.75) is 39.0 Å². The first kappa shape index (κ1) is 20.0. The summed E-state index contributed by atoms with van der Waals surface area (Å²) in [5, 5.41) is 6.36. The van der Waals surface area contributed by atoms with Gasteiger partial charge in [-0.15, -0.1) is 0 Å². The van der Waals surface area contributed by atoms with Gasteiger partial charge in [-0.05, 0) is 49.9 Å². The van der Waals surface area contributed by atoms with Crippen LogP contribution in [0, 0.1) is 6.92 Å². The van der Waals surface area contributed by atoms with E-state index >= 15 is 0 Å². The van der Waals surface area contributed by atoms with Gasteiger partial charge >= 0.3 is 0 Å². The van der Waals surface area contributed by atoms with Gasteiger partial charge in [-0.3, -0.25) is 9.59 Å². The predicted octanol–water partition coefficient (Wildman–Crippen LogP) is 4.61. The molecule has 2 N–H and O–H groups in total. The first-order valence-corrected chi connectivity index (χ1v) is 10.2. The quantitative estimate of drug-likeness (QED) is 0.784. The number of rotatable bonds is 4. The zero-order valence-corrected chi connectivity index (χ0v) is 17.5. The summed E-state index contributed by atoms with van der Waals surface area (Å²) in [6.07, 6.45) is 2.17. The van der Waals surface area contributed by atoms with Crippen LogP contribution in [0.1, 0.15) is 43.2 Å². The van der Waals surface area contributed by atoms with Gasteiger partial charge in [0.2, 0.25) is 0 Å². The molecular formula is C25H26N2O3. The minimum absolute atomic E-state index is 0.118. The highest BCUT2D eigenvalue weighted by Gasteiger charge is 2.39. The molecule has 0 fully saturated rings. The third kappa shape index (κ3) is 3.52. The maximum Gasteiger partial charge on any atom is 0.254 e. The highest BCUT2D eigenvalue weighted by atomic mass is 16.5. The maximum absolute atomic E-state index is 13.5. The minimum Gasteiger partial charge on any atom is -0.495 e. The number of carbonyl (C=O) groups is 2. The van der Waals surface area contributed by atoms with Gasteiger partial charge < -0.3 is 15.4 Å². The molecule has 0 bridgehead atoms. The van der Waals surface area contributed by atoms with Crippen LogP contribution in [-0.2, 0) is 9.59 Å². The van der Waals surface area contributed by atoms with Gasteiger partial charge in [0.15, 0.2) is 5.78 Å². The molecule has 2 aliphatic rings. The molecule has 154 valence electrons. The number of ketones is 1. The number of methoxy groups -OCH3 is 1. The number of Topliss-reactive ketones (excluding diaryl/α,β-unsaturated/α-hetero) is 1. The SMILES string of the molecule is COc1ccccc1NC(=O)C1=C(C)NC2=C(C(=O)CCC2)[C@@H]1c1ccccc1C. The normalized spacial score (nSPS) is 18.6. The lowest BCUT2D eigenvalue weighted by Crippen LogP contribution is -2.35. The Balaban J connectivity index is 1.81. The van der Waals surface area contributed by atoms with Gasteiger partial charge in [0.1, 0.15) is 5.75 Å². The largest absolute Gasteiger partial charge is 0.495 e. The summed E-state index contributed by atoms with van der Waals surface area (Å²) in [5.74, 6) is 0.0914. The Bertz CT molecular complexity index is 1080. The van der Waals surface area contributed by atoms with Crippen molar-refractivity contribution in [3.05, 3.63) is 82.2 Å². The lowest BCUT2D eigenvalue weighted by atomic mass is 9.74. The number of nitrogens with one attached hydrogen (secondary N) is 2. The number of aryl methyl sites for hydroxylation is 1. The number of anilines is 1. The molecule has 2 aromatic rings. The fraction of sp³-hybridized carbons (Fsp3) is 0.280. The standard InChI is InChI=1S/C25H26N2O3/c1-15-9-4-5-10-17(15)23-22(16(2)26-19-12-8-13-20(28)24(19)23)25(29)27-18-11-6-7-14-21(18)30-3/h4-7,9-11,14,23,26H,8,12-13H2,1-3H3,(H,27,29)/t23-/m1/s1. The van der Waals surface area contributed by atoms with Gasteiger partial charge in [-0.25, -0.2) is 0 Å². The van der Waals surface area contributed by atoms with E-state index in [0.29, 0.717) is 23.4 Å². The number of para-hydroxylation sites is 2. The Morgan fingerprint density at radius 1 is 1.07 bits per heavy atom. The second kappa shape index (κ2) is 8.19. The molecule has 5 nitrogen and oxygen atoms in total. The number of dihydropyridines is 1. The van der Waals surface area contributed by atoms with E-state index in [1.54, 1.807) is 13.2 Å². The van der Waals surface area contributed by atoms with E-state index in [1.807, 2.05) is 56.3 Å². The molecule has 1 aliphatic heterocycles. The summed E-state index contributed by atoms with van der Waals surface area (Å²) in [5.41, 5.74) is 5.69. The Labute approximate surface area is 176 Å². The zero-order chi connectivity index (χ0) is 21.3. The number of allylic oxidation sites excluding steroid dienone is 3.